The first-order chi connectivity index (χ1) is 7.89. The van der Waals surface area contributed by atoms with E-state index in [1.165, 1.54) is 6.07 Å². The van der Waals surface area contributed by atoms with Crippen LogP contribution in [0.3, 0.4) is 0 Å². The van der Waals surface area contributed by atoms with E-state index >= 15 is 0 Å². The third-order valence-electron chi connectivity index (χ3n) is 2.32. The monoisotopic (exact) mass is 250 g/mol. The Balaban J connectivity index is 2.90. The van der Waals surface area contributed by atoms with Crippen molar-refractivity contribution in [1.29, 1.82) is 0 Å². The summed E-state index contributed by atoms with van der Waals surface area (Å²) < 4.78 is 23.1. The van der Waals surface area contributed by atoms with Crippen molar-refractivity contribution in [2.24, 2.45) is 5.73 Å². The van der Waals surface area contributed by atoms with Gasteiger partial charge in [-0.25, -0.2) is 13.4 Å². The van der Waals surface area contributed by atoms with Crippen LogP contribution in [0, 0.1) is 0 Å². The molecule has 0 unspecified atom stereocenters. The van der Waals surface area contributed by atoms with Gasteiger partial charge in [0.2, 0.25) is 0 Å². The highest BCUT2D eigenvalue weighted by atomic mass is 32.2. The molecule has 88 valence electrons. The van der Waals surface area contributed by atoms with Gasteiger partial charge in [-0.1, -0.05) is 18.2 Å². The zero-order valence-electron chi connectivity index (χ0n) is 9.04. The molecule has 0 fully saturated rings. The SMILES string of the molecule is CS(=O)(=O)c1cc2ccccc2nc1C(N)=O. The molecule has 1 aromatic carbocycles. The van der Waals surface area contributed by atoms with E-state index in [0.717, 1.165) is 6.26 Å². The molecule has 2 rings (SSSR count). The van der Waals surface area contributed by atoms with Crippen LogP contribution in [0.1, 0.15) is 10.5 Å². The van der Waals surface area contributed by atoms with Crippen LogP contribution in [-0.4, -0.2) is 25.6 Å². The molecule has 0 radical (unpaired) electrons. The smallest absolute Gasteiger partial charge is 0.268 e. The van der Waals surface area contributed by atoms with E-state index in [2.05, 4.69) is 4.98 Å². The van der Waals surface area contributed by atoms with Crippen LogP contribution in [0.2, 0.25) is 0 Å². The van der Waals surface area contributed by atoms with Gasteiger partial charge in [0, 0.05) is 11.6 Å². The number of amides is 1. The van der Waals surface area contributed by atoms with Crippen molar-refractivity contribution in [3.05, 3.63) is 36.0 Å². The summed E-state index contributed by atoms with van der Waals surface area (Å²) in [5.41, 5.74) is 5.46. The van der Waals surface area contributed by atoms with Crippen molar-refractivity contribution >= 4 is 26.6 Å². The topological polar surface area (TPSA) is 90.1 Å². The Morgan fingerprint density at radius 2 is 1.94 bits per heavy atom. The molecule has 0 saturated heterocycles. The summed E-state index contributed by atoms with van der Waals surface area (Å²) in [7, 11) is -3.53. The van der Waals surface area contributed by atoms with Gasteiger partial charge >= 0.3 is 0 Å². The molecule has 0 bridgehead atoms. The van der Waals surface area contributed by atoms with Crippen molar-refractivity contribution in [3.8, 4) is 0 Å². The van der Waals surface area contributed by atoms with Crippen molar-refractivity contribution < 1.29 is 13.2 Å². The molecule has 17 heavy (non-hydrogen) atoms. The van der Waals surface area contributed by atoms with E-state index < -0.39 is 15.7 Å². The Hall–Kier alpha value is -1.95. The summed E-state index contributed by atoms with van der Waals surface area (Å²) in [6.07, 6.45) is 1.02. The first kappa shape index (κ1) is 11.5. The molecular formula is C11H10N2O3S. The van der Waals surface area contributed by atoms with Gasteiger partial charge in [-0.15, -0.1) is 0 Å². The van der Waals surface area contributed by atoms with E-state index in [9.17, 15) is 13.2 Å². The third-order valence-corrected chi connectivity index (χ3v) is 3.43. The van der Waals surface area contributed by atoms with E-state index in [1.54, 1.807) is 24.3 Å². The van der Waals surface area contributed by atoms with Gasteiger partial charge in [0.1, 0.15) is 5.69 Å². The molecule has 2 N–H and O–H groups in total. The summed E-state index contributed by atoms with van der Waals surface area (Å²) in [5, 5.41) is 0.651. The van der Waals surface area contributed by atoms with Gasteiger partial charge in [0.25, 0.3) is 5.91 Å². The summed E-state index contributed by atoms with van der Waals surface area (Å²) in [6.45, 7) is 0. The number of nitrogens with two attached hydrogens (primary N) is 1. The molecule has 0 aliphatic heterocycles. The molecule has 0 spiro atoms. The van der Waals surface area contributed by atoms with E-state index in [0.29, 0.717) is 10.9 Å². The van der Waals surface area contributed by atoms with Gasteiger partial charge < -0.3 is 5.73 Å². The number of pyridine rings is 1. The summed E-state index contributed by atoms with van der Waals surface area (Å²) in [5.74, 6) is -0.851. The zero-order valence-corrected chi connectivity index (χ0v) is 9.86. The second-order valence-electron chi connectivity index (χ2n) is 3.66. The Morgan fingerprint density at radius 3 is 2.53 bits per heavy atom. The molecule has 6 heteroatoms. The molecule has 1 aromatic heterocycles. The standard InChI is InChI=1S/C11H10N2O3S/c1-17(15,16)9-6-7-4-2-3-5-8(7)13-10(9)11(12)14/h2-6H,1H3,(H2,12,14). The summed E-state index contributed by atoms with van der Waals surface area (Å²) in [6, 6.07) is 8.34. The zero-order chi connectivity index (χ0) is 12.6. The maximum atomic E-state index is 11.6. The lowest BCUT2D eigenvalue weighted by atomic mass is 10.2. The van der Waals surface area contributed by atoms with Gasteiger partial charge in [-0.3, -0.25) is 4.79 Å². The molecule has 1 amide bonds. The number of aromatic nitrogens is 1. The van der Waals surface area contributed by atoms with Crippen molar-refractivity contribution in [2.45, 2.75) is 4.90 Å². The molecular weight excluding hydrogens is 240 g/mol. The van der Waals surface area contributed by atoms with Crippen LogP contribution >= 0.6 is 0 Å². The molecule has 5 nitrogen and oxygen atoms in total. The summed E-state index contributed by atoms with van der Waals surface area (Å²) in [4.78, 5) is 15.1. The lowest BCUT2D eigenvalue weighted by molar-refractivity contribution is 0.0992. The highest BCUT2D eigenvalue weighted by Crippen LogP contribution is 2.20. The van der Waals surface area contributed by atoms with Crippen molar-refractivity contribution in [2.75, 3.05) is 6.26 Å². The van der Waals surface area contributed by atoms with Crippen LogP contribution in [0.4, 0.5) is 0 Å². The second kappa shape index (κ2) is 3.81. The average Bonchev–Trinajstić information content (AvgIpc) is 2.26. The number of nitrogens with zero attached hydrogens (tertiary/aromatic N) is 1. The van der Waals surface area contributed by atoms with Crippen molar-refractivity contribution in [1.82, 2.24) is 4.98 Å². The van der Waals surface area contributed by atoms with Crippen LogP contribution in [0.15, 0.2) is 35.2 Å². The van der Waals surface area contributed by atoms with Gasteiger partial charge in [0.15, 0.2) is 9.84 Å². The molecule has 1 heterocycles. The Labute approximate surface area is 98.2 Å². The minimum Gasteiger partial charge on any atom is -0.364 e. The maximum absolute atomic E-state index is 11.6. The lowest BCUT2D eigenvalue weighted by Gasteiger charge is -2.06. The predicted molar refractivity (Wildman–Crippen MR) is 63.4 cm³/mol. The van der Waals surface area contributed by atoms with Crippen molar-refractivity contribution in [3.63, 3.8) is 0 Å². The maximum Gasteiger partial charge on any atom is 0.268 e. The number of carbonyl (C=O) groups excluding carboxylic acids is 1. The second-order valence-corrected chi connectivity index (χ2v) is 5.65. The minimum atomic E-state index is -3.53. The highest BCUT2D eigenvalue weighted by Gasteiger charge is 2.19. The summed E-state index contributed by atoms with van der Waals surface area (Å²) >= 11 is 0. The number of fused-ring (bicyclic) bond motifs is 1. The Morgan fingerprint density at radius 1 is 1.29 bits per heavy atom. The fraction of sp³-hybridized carbons (Fsp3) is 0.0909. The Kier molecular flexibility index (Phi) is 2.59. The van der Waals surface area contributed by atoms with Gasteiger partial charge in [-0.2, -0.15) is 0 Å². The average molecular weight is 250 g/mol. The number of rotatable bonds is 2. The molecule has 0 saturated carbocycles. The number of hydrogen-bond donors (Lipinski definition) is 1. The molecule has 0 aliphatic carbocycles. The van der Waals surface area contributed by atoms with Crippen LogP contribution in [0.25, 0.3) is 10.9 Å². The number of sulfone groups is 1. The minimum absolute atomic E-state index is 0.135. The number of hydrogen-bond acceptors (Lipinski definition) is 4. The third kappa shape index (κ3) is 2.12. The lowest BCUT2D eigenvalue weighted by Crippen LogP contribution is -2.18. The number of para-hydroxylation sites is 1. The van der Waals surface area contributed by atoms with Crippen LogP contribution in [-0.2, 0) is 9.84 Å². The molecule has 0 aliphatic rings. The largest absolute Gasteiger partial charge is 0.364 e. The van der Waals surface area contributed by atoms with Crippen LogP contribution < -0.4 is 5.73 Å². The first-order valence-corrected chi connectivity index (χ1v) is 6.68. The molecule has 2 aromatic rings. The number of carbonyl (C=O) groups is 1. The Bertz CT molecular complexity index is 708. The highest BCUT2D eigenvalue weighted by molar-refractivity contribution is 7.90. The quantitative estimate of drug-likeness (QED) is 0.851. The van der Waals surface area contributed by atoms with Crippen LogP contribution in [0.5, 0.6) is 0 Å². The normalized spacial score (nSPS) is 11.6. The molecule has 0 atom stereocenters. The fourth-order valence-corrected chi connectivity index (χ4v) is 2.39. The van der Waals surface area contributed by atoms with Gasteiger partial charge in [-0.05, 0) is 12.1 Å². The van der Waals surface area contributed by atoms with Gasteiger partial charge in [0.05, 0.1) is 10.4 Å². The number of primary amides is 1. The predicted octanol–water partition coefficient (Wildman–Crippen LogP) is 0.737. The van der Waals surface area contributed by atoms with E-state index in [-0.39, 0.29) is 10.6 Å². The fourth-order valence-electron chi connectivity index (χ4n) is 1.56. The first-order valence-electron chi connectivity index (χ1n) is 4.79. The van der Waals surface area contributed by atoms with E-state index in [4.69, 9.17) is 5.73 Å². The van der Waals surface area contributed by atoms with E-state index in [1.807, 2.05) is 0 Å². The number of benzene rings is 1.